The third-order valence-electron chi connectivity index (χ3n) is 4.13. The molecule has 0 bridgehead atoms. The number of carbonyl (C=O) groups excluding carboxylic acids is 4. The number of nitrogens with two attached hydrogens (primary N) is 1. The summed E-state index contributed by atoms with van der Waals surface area (Å²) in [7, 11) is -10.8. The number of rotatable bonds is 10. The van der Waals surface area contributed by atoms with Crippen LogP contribution in [0.3, 0.4) is 0 Å². The van der Waals surface area contributed by atoms with E-state index in [2.05, 4.69) is 14.9 Å². The topological polar surface area (TPSA) is 303 Å². The Hall–Kier alpha value is -0.600. The van der Waals surface area contributed by atoms with Gasteiger partial charge in [-0.3, -0.25) is 9.59 Å². The number of amides is 3. The summed E-state index contributed by atoms with van der Waals surface area (Å²) in [6.07, 6.45) is -1.87. The average Bonchev–Trinajstić information content (AvgIpc) is 3.12. The smallest absolute Gasteiger partial charge is 0.731 e. The molecule has 1 aliphatic rings. The summed E-state index contributed by atoms with van der Waals surface area (Å²) < 4.78 is 70.6. The molecule has 0 spiro atoms. The molecule has 0 unspecified atom stereocenters. The number of ether oxygens (including phenoxy) is 1. The first-order chi connectivity index (χ1) is 16.3. The third-order valence-corrected chi connectivity index (χ3v) is 6.15. The molecule has 0 aliphatic carbocycles. The number of nitrogens with zero attached hydrogens (tertiary/aromatic N) is 3. The van der Waals surface area contributed by atoms with Crippen LogP contribution in [0.25, 0.3) is 0 Å². The molecular weight excluding hydrogens is 625 g/mol. The van der Waals surface area contributed by atoms with Crippen LogP contribution in [-0.2, 0) is 44.6 Å². The van der Waals surface area contributed by atoms with Gasteiger partial charge in [0, 0.05) is 5.38 Å². The van der Waals surface area contributed by atoms with Crippen LogP contribution in [-0.4, -0.2) is 89.1 Å². The number of anilines is 1. The molecule has 25 heteroatoms. The first-order valence-electron chi connectivity index (χ1n) is 9.03. The number of carbonyl (C=O) groups is 4. The largest absolute Gasteiger partial charge is 1.00 e. The van der Waals surface area contributed by atoms with Gasteiger partial charge in [0.05, 0.1) is 5.97 Å². The number of nitrogen functional groups attached to an aromatic ring is 1. The van der Waals surface area contributed by atoms with E-state index >= 15 is 0 Å². The van der Waals surface area contributed by atoms with Crippen LogP contribution in [0.1, 0.15) is 19.5 Å². The fraction of sp³-hybridized carbons (Fsp3) is 0.429. The molecule has 2 rings (SSSR count). The molecule has 0 saturated carbocycles. The van der Waals surface area contributed by atoms with E-state index in [4.69, 9.17) is 10.6 Å². The van der Waals surface area contributed by atoms with Gasteiger partial charge in [-0.05, 0) is 13.8 Å². The van der Waals surface area contributed by atoms with E-state index in [-0.39, 0.29) is 104 Å². The molecule has 2 atom stereocenters. The predicted molar refractivity (Wildman–Crippen MR) is 110 cm³/mol. The molecule has 0 radical (unpaired) electrons. The number of hydrogen-bond donors (Lipinski definition) is 3. The zero-order chi connectivity index (χ0) is 27.6. The van der Waals surface area contributed by atoms with Crippen LogP contribution in [0, 0.1) is 0 Å². The number of β-lactam (4-membered cyclic amide) rings is 1. The number of aromatic nitrogens is 1. The fourth-order valence-electron chi connectivity index (χ4n) is 2.42. The van der Waals surface area contributed by atoms with Crippen molar-refractivity contribution in [3.8, 4) is 0 Å². The van der Waals surface area contributed by atoms with Crippen LogP contribution in [0.15, 0.2) is 10.5 Å². The Kier molecular flexibility index (Phi) is 16.2. The van der Waals surface area contributed by atoms with Gasteiger partial charge in [-0.2, -0.15) is 0 Å². The van der Waals surface area contributed by atoms with Crippen molar-refractivity contribution in [2.75, 3.05) is 12.3 Å². The second-order valence-corrected chi connectivity index (χ2v) is 10.4. The third kappa shape index (κ3) is 11.3. The van der Waals surface area contributed by atoms with Crippen molar-refractivity contribution in [1.29, 1.82) is 0 Å². The summed E-state index contributed by atoms with van der Waals surface area (Å²) >= 11 is 0.836. The van der Waals surface area contributed by atoms with Crippen LogP contribution < -0.4 is 110 Å². The summed E-state index contributed by atoms with van der Waals surface area (Å²) in [5.74, 6) is -4.49. The molecule has 0 aromatic carbocycles. The Bertz CT molecular complexity index is 1330. The van der Waals surface area contributed by atoms with Crippen molar-refractivity contribution in [3.63, 3.8) is 0 Å². The molecule has 1 aromatic heterocycles. The minimum absolute atomic E-state index is 0. The zero-order valence-corrected chi connectivity index (χ0v) is 29.3. The van der Waals surface area contributed by atoms with Crippen LogP contribution in [0.4, 0.5) is 9.93 Å². The summed E-state index contributed by atoms with van der Waals surface area (Å²) in [5, 5.41) is 17.7. The molecule has 1 aliphatic heterocycles. The van der Waals surface area contributed by atoms with E-state index in [1.54, 1.807) is 0 Å². The van der Waals surface area contributed by atoms with Crippen molar-refractivity contribution in [3.05, 3.63) is 11.1 Å². The SMILES string of the molecule is CC(C)(O/N=C(\C(=O)N[C@H]1C(=O)N(S(=O)(=O)[O-])[C@H]1COC(=O)NS(=O)(=O)[O-])c1csc(N)n1)C(=O)[O-].[Na+].[Na+].[Na+]. The molecular formula is C14H15N6Na3O13S3. The molecule has 2 heterocycles. The minimum Gasteiger partial charge on any atom is -0.731 e. The fourth-order valence-corrected chi connectivity index (χ4v) is 4.08. The number of oxime groups is 1. The number of aliphatic carboxylic acids is 1. The van der Waals surface area contributed by atoms with Crippen molar-refractivity contribution in [2.24, 2.45) is 5.16 Å². The van der Waals surface area contributed by atoms with Crippen molar-refractivity contribution in [1.82, 2.24) is 19.3 Å². The molecule has 39 heavy (non-hydrogen) atoms. The number of hydrogen-bond acceptors (Lipinski definition) is 17. The van der Waals surface area contributed by atoms with E-state index < -0.39 is 74.5 Å². The Labute approximate surface area is 291 Å². The number of nitrogens with one attached hydrogen (secondary N) is 2. The van der Waals surface area contributed by atoms with Gasteiger partial charge in [0.2, 0.25) is 0 Å². The van der Waals surface area contributed by atoms with E-state index in [1.807, 2.05) is 5.32 Å². The first kappa shape index (κ1) is 40.5. The van der Waals surface area contributed by atoms with E-state index in [1.165, 1.54) is 5.38 Å². The van der Waals surface area contributed by atoms with Gasteiger partial charge in [-0.1, -0.05) is 5.16 Å². The van der Waals surface area contributed by atoms with Gasteiger partial charge in [0.25, 0.3) is 11.8 Å². The Balaban J connectivity index is 0. The monoisotopic (exact) mass is 640 g/mol. The maximum absolute atomic E-state index is 12.8. The van der Waals surface area contributed by atoms with Gasteiger partial charge < -0.3 is 39.6 Å². The van der Waals surface area contributed by atoms with Gasteiger partial charge in [-0.15, -0.1) is 11.3 Å². The Morgan fingerprint density at radius 3 is 2.21 bits per heavy atom. The van der Waals surface area contributed by atoms with Crippen molar-refractivity contribution < 1.29 is 148 Å². The van der Waals surface area contributed by atoms with E-state index in [0.29, 0.717) is 0 Å². The molecule has 1 fully saturated rings. The average molecular weight is 640 g/mol. The summed E-state index contributed by atoms with van der Waals surface area (Å²) in [5.41, 5.74) is 2.47. The minimum atomic E-state index is -5.49. The quantitative estimate of drug-likeness (QED) is 0.0703. The maximum atomic E-state index is 12.8. The summed E-state index contributed by atoms with van der Waals surface area (Å²) in [6.45, 7) is 0.900. The molecule has 4 N–H and O–H groups in total. The molecule has 1 aromatic rings. The van der Waals surface area contributed by atoms with Gasteiger partial charge in [0.15, 0.2) is 37.1 Å². The second kappa shape index (κ2) is 15.6. The Morgan fingerprint density at radius 2 is 1.77 bits per heavy atom. The van der Waals surface area contributed by atoms with E-state index in [9.17, 15) is 50.2 Å². The number of carboxylic acids is 1. The second-order valence-electron chi connectivity index (χ2n) is 7.16. The Morgan fingerprint density at radius 1 is 1.21 bits per heavy atom. The maximum Gasteiger partial charge on any atom is 1.00 e. The normalized spacial score (nSPS) is 17.3. The van der Waals surface area contributed by atoms with Crippen LogP contribution >= 0.6 is 11.3 Å². The van der Waals surface area contributed by atoms with Gasteiger partial charge in [0.1, 0.15) is 24.4 Å². The summed E-state index contributed by atoms with van der Waals surface area (Å²) in [6, 6.07) is -3.72. The van der Waals surface area contributed by atoms with E-state index in [0.717, 1.165) is 29.9 Å². The zero-order valence-electron chi connectivity index (χ0n) is 20.9. The van der Waals surface area contributed by atoms with Gasteiger partial charge in [-0.25, -0.2) is 35.6 Å². The number of carboxylic acid groups (broad SMARTS) is 1. The van der Waals surface area contributed by atoms with Crippen LogP contribution in [0.5, 0.6) is 0 Å². The molecule has 1 saturated heterocycles. The molecule has 3 amide bonds. The molecule has 200 valence electrons. The van der Waals surface area contributed by atoms with Gasteiger partial charge >= 0.3 is 94.8 Å². The van der Waals surface area contributed by atoms with Crippen LogP contribution in [0.2, 0.25) is 0 Å². The standard InChI is InChI=1S/C14H18N6O13S3.3Na/c1-14(2,11(23)24)33-18-7(5-4-34-12(15)16-5)9(21)17-8-6(20(10(8)22)36(29,30)31)3-32-13(25)19-35(26,27)28;;;/h4,6,8H,3H2,1-2H3,(H2,15,16)(H,17,21)(H,19,25)(H,23,24)(H,26,27,28)(H,29,30,31);;;/q;3*+1/p-3/b18-7-;;;/t6-,8+;;;/m0.../s1. The number of thiazole rings is 1. The van der Waals surface area contributed by atoms with Crippen molar-refractivity contribution >= 4 is 66.7 Å². The first-order valence-corrected chi connectivity index (χ1v) is 12.7. The molecule has 19 nitrogen and oxygen atoms in total. The predicted octanol–water partition coefficient (Wildman–Crippen LogP) is -13.7. The summed E-state index contributed by atoms with van der Waals surface area (Å²) in [4.78, 5) is 56.1. The van der Waals surface area contributed by atoms with Crippen molar-refractivity contribution in [2.45, 2.75) is 31.5 Å².